The van der Waals surface area contributed by atoms with E-state index in [2.05, 4.69) is 18.5 Å². The van der Waals surface area contributed by atoms with E-state index in [1.54, 1.807) is 26.8 Å². The summed E-state index contributed by atoms with van der Waals surface area (Å²) in [7, 11) is 0. The molecule has 0 saturated heterocycles. The minimum absolute atomic E-state index is 0.0386. The molecule has 6 heteroatoms. The van der Waals surface area contributed by atoms with Crippen LogP contribution in [-0.2, 0) is 4.74 Å². The van der Waals surface area contributed by atoms with E-state index in [9.17, 15) is 14.7 Å². The number of ether oxygens (including phenoxy) is 1. The zero-order valence-corrected chi connectivity index (χ0v) is 12.9. The van der Waals surface area contributed by atoms with Crippen molar-refractivity contribution in [2.45, 2.75) is 38.3 Å². The van der Waals surface area contributed by atoms with E-state index in [-0.39, 0.29) is 19.0 Å². The minimum atomic E-state index is -1.05. The topological polar surface area (TPSA) is 78.9 Å². The van der Waals surface area contributed by atoms with E-state index in [1.807, 2.05) is 0 Å². The molecule has 0 heterocycles. The molecule has 1 fully saturated rings. The molecular formula is C15H24N2O4. The number of alkyl carbamates (subject to hydrolysis) is 1. The highest BCUT2D eigenvalue weighted by molar-refractivity contribution is 5.70. The molecule has 2 amide bonds. The van der Waals surface area contributed by atoms with Crippen molar-refractivity contribution in [1.82, 2.24) is 10.2 Å². The van der Waals surface area contributed by atoms with Gasteiger partial charge in [-0.2, -0.15) is 0 Å². The predicted octanol–water partition coefficient (Wildman–Crippen LogP) is 2.62. The van der Waals surface area contributed by atoms with Crippen LogP contribution in [0.15, 0.2) is 25.3 Å². The maximum absolute atomic E-state index is 11.9. The third kappa shape index (κ3) is 4.81. The van der Waals surface area contributed by atoms with Gasteiger partial charge in [0, 0.05) is 19.0 Å². The lowest BCUT2D eigenvalue weighted by atomic mass is 10.2. The smallest absolute Gasteiger partial charge is 0.408 e. The molecule has 0 radical (unpaired) electrons. The first-order valence-electron chi connectivity index (χ1n) is 6.86. The van der Waals surface area contributed by atoms with E-state index in [0.29, 0.717) is 6.42 Å². The Morgan fingerprint density at radius 3 is 2.48 bits per heavy atom. The SMILES string of the molecule is C=CCN(C[C@@]1(NC(=O)OC(C)(C)C)C[C@@H]1C=C)C(=O)O. The quantitative estimate of drug-likeness (QED) is 0.738. The summed E-state index contributed by atoms with van der Waals surface area (Å²) in [6.45, 7) is 13.0. The standard InChI is InChI=1S/C15H24N2O4/c1-6-8-17(13(19)20)10-15(9-11(15)7-2)16-12(18)21-14(3,4)5/h6-7,11H,1-2,8-10H2,3-5H3,(H,16,18)(H,19,20)/t11-,15-/m0/s1. The Labute approximate surface area is 125 Å². The number of carbonyl (C=O) groups is 2. The van der Waals surface area contributed by atoms with Gasteiger partial charge >= 0.3 is 12.2 Å². The van der Waals surface area contributed by atoms with Gasteiger partial charge in [-0.25, -0.2) is 9.59 Å². The zero-order valence-electron chi connectivity index (χ0n) is 12.9. The summed E-state index contributed by atoms with van der Waals surface area (Å²) in [5.74, 6) is 0.0386. The Balaban J connectivity index is 2.76. The van der Waals surface area contributed by atoms with Crippen LogP contribution in [0.3, 0.4) is 0 Å². The molecule has 0 aromatic carbocycles. The Morgan fingerprint density at radius 1 is 1.48 bits per heavy atom. The molecular weight excluding hydrogens is 272 g/mol. The van der Waals surface area contributed by atoms with Gasteiger partial charge in [-0.1, -0.05) is 12.2 Å². The van der Waals surface area contributed by atoms with Crippen LogP contribution in [0.5, 0.6) is 0 Å². The van der Waals surface area contributed by atoms with Gasteiger partial charge in [0.1, 0.15) is 5.60 Å². The minimum Gasteiger partial charge on any atom is -0.465 e. The zero-order chi connectivity index (χ0) is 16.3. The van der Waals surface area contributed by atoms with Gasteiger partial charge in [0.2, 0.25) is 0 Å². The van der Waals surface area contributed by atoms with Crippen LogP contribution < -0.4 is 5.32 Å². The number of carboxylic acid groups (broad SMARTS) is 1. The van der Waals surface area contributed by atoms with Gasteiger partial charge in [0.25, 0.3) is 0 Å². The number of nitrogens with zero attached hydrogens (tertiary/aromatic N) is 1. The van der Waals surface area contributed by atoms with Gasteiger partial charge < -0.3 is 20.1 Å². The molecule has 118 valence electrons. The summed E-state index contributed by atoms with van der Waals surface area (Å²) in [5.41, 5.74) is -1.23. The Morgan fingerprint density at radius 2 is 2.10 bits per heavy atom. The predicted molar refractivity (Wildman–Crippen MR) is 80.2 cm³/mol. The molecule has 1 aliphatic rings. The third-order valence-electron chi connectivity index (χ3n) is 3.26. The molecule has 21 heavy (non-hydrogen) atoms. The van der Waals surface area contributed by atoms with Crippen LogP contribution in [0, 0.1) is 5.92 Å². The van der Waals surface area contributed by atoms with Crippen LogP contribution >= 0.6 is 0 Å². The van der Waals surface area contributed by atoms with Crippen molar-refractivity contribution < 1.29 is 19.4 Å². The Bertz CT molecular complexity index is 441. The molecule has 0 aromatic rings. The van der Waals surface area contributed by atoms with E-state index in [1.165, 1.54) is 11.0 Å². The average molecular weight is 296 g/mol. The van der Waals surface area contributed by atoms with Crippen molar-refractivity contribution in [2.24, 2.45) is 5.92 Å². The maximum Gasteiger partial charge on any atom is 0.408 e. The second-order valence-corrected chi connectivity index (χ2v) is 6.28. The maximum atomic E-state index is 11.9. The normalized spacial score (nSPS) is 23.9. The number of amides is 2. The highest BCUT2D eigenvalue weighted by Gasteiger charge is 2.55. The molecule has 0 bridgehead atoms. The summed E-state index contributed by atoms with van der Waals surface area (Å²) in [5, 5.41) is 12.0. The summed E-state index contributed by atoms with van der Waals surface area (Å²) < 4.78 is 5.24. The van der Waals surface area contributed by atoms with Gasteiger partial charge in [-0.15, -0.1) is 13.2 Å². The fourth-order valence-corrected chi connectivity index (χ4v) is 2.22. The summed E-state index contributed by atoms with van der Waals surface area (Å²) in [6.07, 6.45) is 2.30. The second-order valence-electron chi connectivity index (χ2n) is 6.28. The molecule has 6 nitrogen and oxygen atoms in total. The van der Waals surface area contributed by atoms with E-state index < -0.39 is 23.3 Å². The molecule has 1 saturated carbocycles. The molecule has 0 spiro atoms. The third-order valence-corrected chi connectivity index (χ3v) is 3.26. The molecule has 0 aromatic heterocycles. The number of hydrogen-bond donors (Lipinski definition) is 2. The van der Waals surface area contributed by atoms with Crippen LogP contribution in [0.1, 0.15) is 27.2 Å². The molecule has 1 rings (SSSR count). The van der Waals surface area contributed by atoms with Crippen molar-refractivity contribution in [3.63, 3.8) is 0 Å². The molecule has 2 atom stereocenters. The second kappa shape index (κ2) is 6.20. The lowest BCUT2D eigenvalue weighted by molar-refractivity contribution is 0.0476. The average Bonchev–Trinajstić information content (AvgIpc) is 2.98. The number of carbonyl (C=O) groups excluding carboxylic acids is 1. The van der Waals surface area contributed by atoms with Gasteiger partial charge in [-0.05, 0) is 27.2 Å². The van der Waals surface area contributed by atoms with Gasteiger partial charge in [-0.3, -0.25) is 0 Å². The highest BCUT2D eigenvalue weighted by atomic mass is 16.6. The molecule has 2 N–H and O–H groups in total. The number of rotatable bonds is 6. The summed E-state index contributed by atoms with van der Waals surface area (Å²) in [6, 6.07) is 0. The Kier molecular flexibility index (Phi) is 5.04. The van der Waals surface area contributed by atoms with Crippen LogP contribution in [0.25, 0.3) is 0 Å². The van der Waals surface area contributed by atoms with Gasteiger partial charge in [0.15, 0.2) is 0 Å². The highest BCUT2D eigenvalue weighted by Crippen LogP contribution is 2.45. The van der Waals surface area contributed by atoms with Crippen molar-refractivity contribution in [3.8, 4) is 0 Å². The fraction of sp³-hybridized carbons (Fsp3) is 0.600. The first-order chi connectivity index (χ1) is 9.63. The van der Waals surface area contributed by atoms with Crippen molar-refractivity contribution in [2.75, 3.05) is 13.1 Å². The lowest BCUT2D eigenvalue weighted by Gasteiger charge is -2.27. The fourth-order valence-electron chi connectivity index (χ4n) is 2.22. The number of hydrogen-bond acceptors (Lipinski definition) is 3. The van der Waals surface area contributed by atoms with Gasteiger partial charge in [0.05, 0.1) is 5.54 Å². The van der Waals surface area contributed by atoms with E-state index in [0.717, 1.165) is 0 Å². The van der Waals surface area contributed by atoms with Crippen molar-refractivity contribution in [1.29, 1.82) is 0 Å². The van der Waals surface area contributed by atoms with Crippen molar-refractivity contribution >= 4 is 12.2 Å². The van der Waals surface area contributed by atoms with Crippen LogP contribution in [-0.4, -0.2) is 46.4 Å². The summed E-state index contributed by atoms with van der Waals surface area (Å²) >= 11 is 0. The monoisotopic (exact) mass is 296 g/mol. The van der Waals surface area contributed by atoms with Crippen molar-refractivity contribution in [3.05, 3.63) is 25.3 Å². The first kappa shape index (κ1) is 17.1. The lowest BCUT2D eigenvalue weighted by Crippen LogP contribution is -2.50. The first-order valence-corrected chi connectivity index (χ1v) is 6.86. The Hall–Kier alpha value is -1.98. The van der Waals surface area contributed by atoms with Crippen LogP contribution in [0.4, 0.5) is 9.59 Å². The largest absolute Gasteiger partial charge is 0.465 e. The molecule has 0 aliphatic heterocycles. The van der Waals surface area contributed by atoms with E-state index >= 15 is 0 Å². The van der Waals surface area contributed by atoms with Crippen LogP contribution in [0.2, 0.25) is 0 Å². The summed E-state index contributed by atoms with van der Waals surface area (Å²) in [4.78, 5) is 24.4. The molecule has 0 unspecified atom stereocenters. The molecule has 1 aliphatic carbocycles. The number of nitrogens with one attached hydrogen (secondary N) is 1. The van der Waals surface area contributed by atoms with E-state index in [4.69, 9.17) is 4.74 Å².